The predicted molar refractivity (Wildman–Crippen MR) is 234 cm³/mol. The van der Waals surface area contributed by atoms with E-state index in [1.54, 1.807) is 25.1 Å². The van der Waals surface area contributed by atoms with E-state index in [9.17, 15) is 39.9 Å². The van der Waals surface area contributed by atoms with Crippen LogP contribution in [-0.4, -0.2) is 73.6 Å². The first-order chi connectivity index (χ1) is 28.7. The molecule has 0 aliphatic carbocycles. The van der Waals surface area contributed by atoms with Crippen molar-refractivity contribution in [2.75, 3.05) is 23.3 Å². The second-order valence-corrected chi connectivity index (χ2v) is 17.7. The topological polar surface area (TPSA) is 212 Å². The summed E-state index contributed by atoms with van der Waals surface area (Å²) in [7, 11) is 0. The van der Waals surface area contributed by atoms with Crippen molar-refractivity contribution in [2.24, 2.45) is 35.5 Å². The molecule has 6 N–H and O–H groups in total. The number of rotatable bonds is 1. The maximum Gasteiger partial charge on any atom is 0.307 e. The summed E-state index contributed by atoms with van der Waals surface area (Å²) in [4.78, 5) is 49.2. The summed E-state index contributed by atoms with van der Waals surface area (Å²) in [5.74, 6) is -4.52. The molecule has 8 rings (SSSR count). The standard InChI is InChI=1S/C47H57N3O11/c1-21-15-18-59-47(9)45(57)35-33-34(41(55)28(8)43(35)61-47)42(56)38(44-37(33)48-36-31(52)19-29(20-32(36)60-44)50-16-13-30(51)14-17-50)49-46(58)23(3)12-10-11-22(2)39(53)27(7)40(54)26(6)25(5)24(21)4/h10-12,15,18-22,24-27,30,39-40,51,53-55,57H,13-14,16-17H2,1-9H3,(H,49,58)/b11-10+,18-15+,23-12-/t21-,22-,24+,25+,26-,27+,39-,40-,47-/m0/s1. The van der Waals surface area contributed by atoms with Crippen LogP contribution in [0.4, 0.5) is 11.4 Å². The quantitative estimate of drug-likeness (QED) is 0.0983. The maximum atomic E-state index is 14.7. The van der Waals surface area contributed by atoms with Gasteiger partial charge in [-0.2, -0.15) is 0 Å². The van der Waals surface area contributed by atoms with Crippen LogP contribution >= 0.6 is 0 Å². The third kappa shape index (κ3) is 7.63. The molecular weight excluding hydrogens is 783 g/mol. The lowest BCUT2D eigenvalue weighted by atomic mass is 9.72. The van der Waals surface area contributed by atoms with Gasteiger partial charge in [0.25, 0.3) is 5.91 Å². The number of nitrogens with zero attached hydrogens (tertiary/aromatic N) is 2. The number of amides is 1. The first-order valence-electron chi connectivity index (χ1n) is 21.1. The molecule has 4 aliphatic heterocycles. The summed E-state index contributed by atoms with van der Waals surface area (Å²) in [6.07, 6.45) is 7.01. The molecule has 0 spiro atoms. The summed E-state index contributed by atoms with van der Waals surface area (Å²) in [6.45, 7) is 17.3. The predicted octanol–water partition coefficient (Wildman–Crippen LogP) is 5.85. The highest BCUT2D eigenvalue weighted by atomic mass is 16.7. The number of benzene rings is 3. The van der Waals surface area contributed by atoms with E-state index in [4.69, 9.17) is 18.9 Å². The third-order valence-electron chi connectivity index (χ3n) is 13.7. The highest BCUT2D eigenvalue weighted by Crippen LogP contribution is 2.42. The number of anilines is 2. The van der Waals surface area contributed by atoms with Gasteiger partial charge in [0.2, 0.25) is 10.9 Å². The van der Waals surface area contributed by atoms with Crippen LogP contribution in [0.2, 0.25) is 0 Å². The van der Waals surface area contributed by atoms with E-state index in [2.05, 4.69) is 19.2 Å². The van der Waals surface area contributed by atoms with Gasteiger partial charge >= 0.3 is 5.79 Å². The number of aromatic nitrogens is 1. The van der Waals surface area contributed by atoms with E-state index >= 15 is 0 Å². The Labute approximate surface area is 353 Å². The number of phenols is 1. The number of nitrogens with one attached hydrogen (secondary N) is 1. The van der Waals surface area contributed by atoms with Crippen LogP contribution in [0.1, 0.15) is 73.8 Å². The number of ether oxygens (including phenoxy) is 2. The van der Waals surface area contributed by atoms with Gasteiger partial charge in [-0.05, 0) is 56.4 Å². The average Bonchev–Trinajstić information content (AvgIpc) is 3.50. The Hall–Kier alpha value is -5.44. The Bertz CT molecular complexity index is 2680. The molecule has 14 nitrogen and oxygen atoms in total. The van der Waals surface area contributed by atoms with Crippen LogP contribution in [0.5, 0.6) is 11.5 Å². The number of piperidine rings is 1. The molecule has 0 radical (unpaired) electrons. The summed E-state index contributed by atoms with van der Waals surface area (Å²) >= 11 is 0. The lowest BCUT2D eigenvalue weighted by Crippen LogP contribution is -2.40. The normalized spacial score (nSPS) is 31.5. The van der Waals surface area contributed by atoms with Crippen molar-refractivity contribution in [2.45, 2.75) is 99.3 Å². The fourth-order valence-corrected chi connectivity index (χ4v) is 8.94. The van der Waals surface area contributed by atoms with Crippen LogP contribution in [-0.2, 0) is 9.53 Å². The summed E-state index contributed by atoms with van der Waals surface area (Å²) in [5.41, 5.74) is -1.28. The number of hydrogen-bond acceptors (Lipinski definition) is 13. The Kier molecular flexibility index (Phi) is 11.8. The number of carbonyl (C=O) groups excluding carboxylic acids is 1. The minimum atomic E-state index is -1.84. The van der Waals surface area contributed by atoms with Crippen LogP contribution in [0.3, 0.4) is 0 Å². The number of fused-ring (bicyclic) bond motifs is 14. The van der Waals surface area contributed by atoms with E-state index in [0.717, 1.165) is 0 Å². The van der Waals surface area contributed by atoms with E-state index < -0.39 is 64.2 Å². The fraction of sp³-hybridized carbons (Fsp3) is 0.489. The van der Waals surface area contributed by atoms with Crippen molar-refractivity contribution >= 4 is 56.0 Å². The molecule has 0 saturated carbocycles. The van der Waals surface area contributed by atoms with Gasteiger partial charge in [0.05, 0.1) is 35.2 Å². The Morgan fingerprint density at radius 3 is 2.21 bits per heavy atom. The fourth-order valence-electron chi connectivity index (χ4n) is 8.94. The van der Waals surface area contributed by atoms with Gasteiger partial charge in [-0.1, -0.05) is 59.8 Å². The highest BCUT2D eigenvalue weighted by Gasteiger charge is 2.43. The first kappa shape index (κ1) is 43.6. The Balaban J connectivity index is 1.48. The monoisotopic (exact) mass is 839 g/mol. The minimum Gasteiger partial charge on any atom is -0.507 e. The molecule has 1 amide bonds. The third-order valence-corrected chi connectivity index (χ3v) is 13.7. The Morgan fingerprint density at radius 1 is 0.836 bits per heavy atom. The second-order valence-electron chi connectivity index (χ2n) is 17.7. The van der Waals surface area contributed by atoms with E-state index in [-0.39, 0.29) is 84.4 Å². The van der Waals surface area contributed by atoms with Crippen molar-refractivity contribution in [3.8, 4) is 11.5 Å². The molecule has 326 valence electrons. The van der Waals surface area contributed by atoms with Gasteiger partial charge in [-0.25, -0.2) is 4.98 Å². The Morgan fingerprint density at radius 2 is 1.52 bits per heavy atom. The van der Waals surface area contributed by atoms with Crippen molar-refractivity contribution in [1.29, 1.82) is 0 Å². The molecule has 4 aliphatic rings. The smallest absolute Gasteiger partial charge is 0.307 e. The van der Waals surface area contributed by atoms with Gasteiger partial charge in [-0.3, -0.25) is 14.4 Å². The molecule has 14 heteroatoms. The molecule has 5 heterocycles. The number of aliphatic hydroxyl groups is 4. The molecular formula is C47H57N3O11. The van der Waals surface area contributed by atoms with Gasteiger partial charge in [-0.15, -0.1) is 0 Å². The zero-order valence-electron chi connectivity index (χ0n) is 36.1. The van der Waals surface area contributed by atoms with Crippen LogP contribution in [0.15, 0.2) is 62.3 Å². The lowest BCUT2D eigenvalue weighted by molar-refractivity contribution is -0.112. The number of phenolic OH excluding ortho intramolecular Hbond substituents is 1. The maximum absolute atomic E-state index is 14.7. The van der Waals surface area contributed by atoms with Crippen LogP contribution < -0.4 is 31.0 Å². The van der Waals surface area contributed by atoms with Gasteiger partial charge < -0.3 is 49.6 Å². The molecule has 4 aromatic rings. The molecule has 61 heavy (non-hydrogen) atoms. The number of aromatic hydroxyl groups is 1. The van der Waals surface area contributed by atoms with E-state index in [1.807, 2.05) is 38.7 Å². The molecule has 1 saturated heterocycles. The largest absolute Gasteiger partial charge is 0.507 e. The highest BCUT2D eigenvalue weighted by molar-refractivity contribution is 6.16. The second kappa shape index (κ2) is 16.4. The van der Waals surface area contributed by atoms with Gasteiger partial charge in [0, 0.05) is 66.2 Å². The summed E-state index contributed by atoms with van der Waals surface area (Å²) in [6, 6.07) is 3.05. The summed E-state index contributed by atoms with van der Waals surface area (Å²) < 4.78 is 18.9. The molecule has 9 atom stereocenters. The molecule has 1 aromatic heterocycles. The zero-order chi connectivity index (χ0) is 44.4. The average molecular weight is 840 g/mol. The molecule has 5 bridgehead atoms. The lowest BCUT2D eigenvalue weighted by Gasteiger charge is -2.36. The van der Waals surface area contributed by atoms with Crippen molar-refractivity contribution in [3.63, 3.8) is 0 Å². The van der Waals surface area contributed by atoms with Crippen LogP contribution in [0.25, 0.3) is 38.7 Å². The van der Waals surface area contributed by atoms with Crippen LogP contribution in [0, 0.1) is 42.4 Å². The van der Waals surface area contributed by atoms with Crippen molar-refractivity contribution < 1.29 is 44.2 Å². The number of carbonyl (C=O) groups is 1. The molecule has 0 unspecified atom stereocenters. The van der Waals surface area contributed by atoms with E-state index in [0.29, 0.717) is 31.6 Å². The van der Waals surface area contributed by atoms with Gasteiger partial charge in [0.15, 0.2) is 22.4 Å². The first-order valence-corrected chi connectivity index (χ1v) is 21.1. The number of hydrogen-bond donors (Lipinski definition) is 6. The molecule has 3 aromatic carbocycles. The van der Waals surface area contributed by atoms with E-state index in [1.165, 1.54) is 32.3 Å². The molecule has 1 fully saturated rings. The minimum absolute atomic E-state index is 0.00174. The number of allylic oxidation sites excluding steroid dienone is 3. The summed E-state index contributed by atoms with van der Waals surface area (Å²) in [5, 5.41) is 59.0. The van der Waals surface area contributed by atoms with Crippen molar-refractivity contribution in [3.05, 3.63) is 79.5 Å². The number of aliphatic hydroxyl groups excluding tert-OH is 4. The SMILES string of the molecule is C/C1=C/C=C/[C@H](C)[C@H](O)[C@@H](C)[C@@H](O)[C@@H](C)[C@H](C)[C@H](C)[C@@H](C)/C=C/O[C@@]2(C)Oc3c(C)c(O)c4c(=O)c(c5oc6cc(N7CCC(O)CC7)cc(=O)c6nc5c4c3=C2O)NC1=O. The zero-order valence-corrected chi connectivity index (χ0v) is 36.1. The van der Waals surface area contributed by atoms with Gasteiger partial charge in [0.1, 0.15) is 22.7 Å². The van der Waals surface area contributed by atoms with Crippen molar-refractivity contribution in [1.82, 2.24) is 4.98 Å².